The van der Waals surface area contributed by atoms with Gasteiger partial charge in [-0.15, -0.1) is 11.8 Å². The van der Waals surface area contributed by atoms with Gasteiger partial charge in [-0.25, -0.2) is 8.42 Å². The van der Waals surface area contributed by atoms with Crippen LogP contribution in [0.5, 0.6) is 0 Å². The Kier molecular flexibility index (Phi) is 15.5. The Morgan fingerprint density at radius 1 is 0.771 bits per heavy atom. The van der Waals surface area contributed by atoms with Gasteiger partial charge in [0.05, 0.1) is 22.3 Å². The summed E-state index contributed by atoms with van der Waals surface area (Å²) in [4.78, 5) is 22.6. The van der Waals surface area contributed by atoms with Gasteiger partial charge in [-0.3, -0.25) is 9.52 Å². The number of hydrogen-bond acceptors (Lipinski definition) is 9. The first-order valence-electron chi connectivity index (χ1n) is 24.8. The number of piperazine rings is 1. The quantitative estimate of drug-likeness (QED) is 0.0624. The van der Waals surface area contributed by atoms with E-state index in [-0.39, 0.29) is 35.0 Å². The number of anilines is 4. The number of aromatic nitrogens is 1. The van der Waals surface area contributed by atoms with Crippen molar-refractivity contribution in [3.05, 3.63) is 143 Å². The highest BCUT2D eigenvalue weighted by molar-refractivity contribution is 7.99. The van der Waals surface area contributed by atoms with Gasteiger partial charge in [0, 0.05) is 114 Å². The van der Waals surface area contributed by atoms with Gasteiger partial charge in [-0.2, -0.15) is 0 Å². The Labute approximate surface area is 423 Å². The monoisotopic (exact) mass is 999 g/mol. The van der Waals surface area contributed by atoms with Gasteiger partial charge in [-0.05, 0) is 155 Å². The number of aliphatic hydroxyl groups is 1. The fourth-order valence-corrected chi connectivity index (χ4v) is 12.2. The average Bonchev–Trinajstić information content (AvgIpc) is 4.13. The first kappa shape index (κ1) is 49.5. The van der Waals surface area contributed by atoms with Crippen LogP contribution in [0, 0.1) is 13.8 Å². The first-order valence-corrected chi connectivity index (χ1v) is 27.6. The highest BCUT2D eigenvalue weighted by atomic mass is 35.5. The van der Waals surface area contributed by atoms with E-state index in [9.17, 15) is 18.3 Å². The molecule has 1 saturated carbocycles. The number of nitrogens with one attached hydrogen (secondary N) is 3. The van der Waals surface area contributed by atoms with Crippen LogP contribution in [-0.2, 0) is 10.0 Å². The molecule has 3 fully saturated rings. The highest BCUT2D eigenvalue weighted by Crippen LogP contribution is 2.43. The minimum absolute atomic E-state index is 0.0271. The molecule has 3 aliphatic rings. The third-order valence-corrected chi connectivity index (χ3v) is 16.7. The van der Waals surface area contributed by atoms with E-state index >= 15 is 0 Å². The molecular weight excluding hydrogens is 934 g/mol. The summed E-state index contributed by atoms with van der Waals surface area (Å²) in [6.45, 7) is 14.3. The maximum Gasteiger partial charge on any atom is 0.261 e. The van der Waals surface area contributed by atoms with Crippen molar-refractivity contribution in [2.45, 2.75) is 93.8 Å². The van der Waals surface area contributed by atoms with E-state index in [2.05, 4.69) is 104 Å². The molecule has 6 aromatic rings. The van der Waals surface area contributed by atoms with Crippen molar-refractivity contribution in [2.75, 3.05) is 71.4 Å². The van der Waals surface area contributed by atoms with Crippen LogP contribution in [0.1, 0.15) is 73.6 Å². The number of aliphatic hydroxyl groups excluding tert-OH is 1. The number of likely N-dealkylation sites (tertiary alicyclic amines) is 1. The summed E-state index contributed by atoms with van der Waals surface area (Å²) in [5.74, 6) is 0.840. The number of hydrogen-bond donors (Lipinski definition) is 4. The van der Waals surface area contributed by atoms with Crippen molar-refractivity contribution < 1.29 is 18.3 Å². The maximum atomic E-state index is 14.1. The third kappa shape index (κ3) is 11.8. The van der Waals surface area contributed by atoms with Crippen LogP contribution in [-0.4, -0.2) is 98.7 Å². The second kappa shape index (κ2) is 21.9. The largest absolute Gasteiger partial charge is 0.393 e. The molecule has 0 unspecified atom stereocenters. The number of carbonyl (C=O) groups is 1. The molecule has 3 heterocycles. The lowest BCUT2D eigenvalue weighted by Gasteiger charge is -2.37. The summed E-state index contributed by atoms with van der Waals surface area (Å²) in [7, 11) is -3.85. The fourth-order valence-electron chi connectivity index (χ4n) is 9.90. The minimum Gasteiger partial charge on any atom is -0.393 e. The Bertz CT molecular complexity index is 2860. The van der Waals surface area contributed by atoms with Gasteiger partial charge < -0.3 is 35.0 Å². The van der Waals surface area contributed by atoms with Gasteiger partial charge >= 0.3 is 0 Å². The molecular formula is C56H66ClN7O4S2. The van der Waals surface area contributed by atoms with Crippen molar-refractivity contribution in [3.8, 4) is 22.4 Å². The van der Waals surface area contributed by atoms with Gasteiger partial charge in [0.15, 0.2) is 0 Å². The van der Waals surface area contributed by atoms with E-state index in [4.69, 9.17) is 11.6 Å². The normalized spacial score (nSPS) is 16.4. The van der Waals surface area contributed by atoms with Crippen molar-refractivity contribution in [1.82, 2.24) is 14.8 Å². The SMILES string of the molecule is Cc1cc(S(=O)(=O)Nc2ccc(N3CCN(c4cccc(-c5c(C(=O)NC6CC6)c(C)n(C(C)C)c5-c5ccc(Cl)cc5)c4)CC3)cc2)ccc1N[C@H](CCN1CCC(O)CC1)CSc1ccccc1. The standard InChI is InChI=1S/C56H66ClN7O4S2/c1-38(2)64-40(4)53(56(66)59-44-17-18-44)54(55(64)41-13-15-43(57)16-14-41)42-9-8-10-48(36-42)63-33-31-62(32-34-63)47-21-19-45(20-22-47)60-70(67,68)51-23-24-52(39(3)35-51)58-46(37-69-50-11-6-5-7-12-50)25-28-61-29-26-49(65)27-30-61/h5-16,19-24,35-36,38,44,46,49,58,60,65H,17-18,25-34,37H2,1-4H3,(H,59,66)/t46-/m1/s1. The Hall–Kier alpha value is -5.44. The Morgan fingerprint density at radius 3 is 2.11 bits per heavy atom. The van der Waals surface area contributed by atoms with Crippen LogP contribution >= 0.6 is 23.4 Å². The fraction of sp³-hybridized carbons (Fsp3) is 0.375. The molecule has 1 aromatic heterocycles. The molecule has 1 aliphatic carbocycles. The van der Waals surface area contributed by atoms with Gasteiger partial charge in [0.1, 0.15) is 0 Å². The molecule has 5 aromatic carbocycles. The van der Waals surface area contributed by atoms with Crippen LogP contribution in [0.25, 0.3) is 22.4 Å². The zero-order valence-electron chi connectivity index (χ0n) is 40.7. The lowest BCUT2D eigenvalue weighted by Crippen LogP contribution is -2.46. The summed E-state index contributed by atoms with van der Waals surface area (Å²) in [6, 6.07) is 40.4. The predicted octanol–water partition coefficient (Wildman–Crippen LogP) is 11.1. The third-order valence-electron chi connectivity index (χ3n) is 13.9. The Morgan fingerprint density at radius 2 is 1.46 bits per heavy atom. The molecule has 1 atom stereocenters. The van der Waals surface area contributed by atoms with Crippen LogP contribution in [0.2, 0.25) is 5.02 Å². The average molecular weight is 1000 g/mol. The van der Waals surface area contributed by atoms with Crippen molar-refractivity contribution in [3.63, 3.8) is 0 Å². The number of sulfonamides is 1. The van der Waals surface area contributed by atoms with Crippen LogP contribution in [0.3, 0.4) is 0 Å². The predicted molar refractivity (Wildman–Crippen MR) is 290 cm³/mol. The summed E-state index contributed by atoms with van der Waals surface area (Å²) in [5, 5.41) is 17.7. The molecule has 14 heteroatoms. The summed E-state index contributed by atoms with van der Waals surface area (Å²) >= 11 is 8.18. The maximum absolute atomic E-state index is 14.1. The lowest BCUT2D eigenvalue weighted by atomic mass is 9.95. The number of rotatable bonds is 18. The van der Waals surface area contributed by atoms with Crippen molar-refractivity contribution in [2.24, 2.45) is 0 Å². The van der Waals surface area contributed by atoms with Gasteiger partial charge in [0.25, 0.3) is 15.9 Å². The number of aryl methyl sites for hydroxylation is 1. The zero-order chi connectivity index (χ0) is 48.9. The minimum atomic E-state index is -3.85. The summed E-state index contributed by atoms with van der Waals surface area (Å²) in [5.41, 5.74) is 10.1. The molecule has 4 N–H and O–H groups in total. The molecule has 9 rings (SSSR count). The van der Waals surface area contributed by atoms with Crippen LogP contribution in [0.15, 0.2) is 131 Å². The number of thioether (sulfide) groups is 1. The van der Waals surface area contributed by atoms with E-state index in [1.165, 1.54) is 4.90 Å². The second-order valence-electron chi connectivity index (χ2n) is 19.4. The molecule has 2 aliphatic heterocycles. The first-order chi connectivity index (χ1) is 33.8. The number of benzene rings is 5. The lowest BCUT2D eigenvalue weighted by molar-refractivity contribution is 0.0817. The van der Waals surface area contributed by atoms with Gasteiger partial charge in [0.2, 0.25) is 0 Å². The smallest absolute Gasteiger partial charge is 0.261 e. The number of piperidine rings is 1. The van der Waals surface area contributed by atoms with E-state index < -0.39 is 10.0 Å². The molecule has 70 heavy (non-hydrogen) atoms. The van der Waals surface area contributed by atoms with Crippen LogP contribution < -0.4 is 25.2 Å². The topological polar surface area (TPSA) is 122 Å². The van der Waals surface area contributed by atoms with Gasteiger partial charge in [-0.1, -0.05) is 54.1 Å². The van der Waals surface area contributed by atoms with Crippen molar-refractivity contribution in [1.29, 1.82) is 0 Å². The van der Waals surface area contributed by atoms with E-state index in [0.29, 0.717) is 10.7 Å². The molecule has 0 spiro atoms. The summed E-state index contributed by atoms with van der Waals surface area (Å²) in [6.07, 6.45) is 4.38. The van der Waals surface area contributed by atoms with E-state index in [1.807, 2.05) is 79.3 Å². The number of halogens is 1. The molecule has 0 bridgehead atoms. The summed E-state index contributed by atoms with van der Waals surface area (Å²) < 4.78 is 32.6. The molecule has 0 radical (unpaired) electrons. The van der Waals surface area contributed by atoms with E-state index in [1.54, 1.807) is 12.1 Å². The number of nitrogens with zero attached hydrogens (tertiary/aromatic N) is 4. The molecule has 2 saturated heterocycles. The van der Waals surface area contributed by atoms with E-state index in [0.717, 1.165) is 140 Å². The second-order valence-corrected chi connectivity index (χ2v) is 22.6. The number of carbonyl (C=O) groups excluding carboxylic acids is 1. The molecule has 11 nitrogen and oxygen atoms in total. The molecule has 368 valence electrons. The molecule has 1 amide bonds. The zero-order valence-corrected chi connectivity index (χ0v) is 43.1. The van der Waals surface area contributed by atoms with Crippen molar-refractivity contribution >= 4 is 62.0 Å². The highest BCUT2D eigenvalue weighted by Gasteiger charge is 2.32. The van der Waals surface area contributed by atoms with Crippen LogP contribution in [0.4, 0.5) is 22.7 Å². The Balaban J connectivity index is 0.846. The number of amides is 1.